The summed E-state index contributed by atoms with van der Waals surface area (Å²) in [5, 5.41) is 3.35. The van der Waals surface area contributed by atoms with Gasteiger partial charge in [0.2, 0.25) is 5.95 Å². The van der Waals surface area contributed by atoms with E-state index < -0.39 is 0 Å². The van der Waals surface area contributed by atoms with Gasteiger partial charge in [0.1, 0.15) is 5.82 Å². The van der Waals surface area contributed by atoms with Crippen molar-refractivity contribution in [2.75, 3.05) is 41.3 Å². The highest BCUT2D eigenvalue weighted by atomic mass is 15.3. The molecule has 2 aromatic carbocycles. The molecule has 1 fully saturated rings. The van der Waals surface area contributed by atoms with Crippen LogP contribution in [0.3, 0.4) is 0 Å². The summed E-state index contributed by atoms with van der Waals surface area (Å²) in [5.74, 6) is 1.65. The van der Waals surface area contributed by atoms with E-state index in [1.807, 2.05) is 19.1 Å². The Kier molecular flexibility index (Phi) is 5.15. The SMILES string of the molecule is Cc1cccc(Nc2nc(C)cc(N3CCN(c4cccc(C)c4)CC3)n2)c1. The summed E-state index contributed by atoms with van der Waals surface area (Å²) in [6.07, 6.45) is 0. The van der Waals surface area contributed by atoms with Crippen LogP contribution in [0, 0.1) is 20.8 Å². The third-order valence-electron chi connectivity index (χ3n) is 5.09. The number of nitrogens with zero attached hydrogens (tertiary/aromatic N) is 4. The van der Waals surface area contributed by atoms with Crippen molar-refractivity contribution in [2.45, 2.75) is 20.8 Å². The third-order valence-corrected chi connectivity index (χ3v) is 5.09. The lowest BCUT2D eigenvalue weighted by molar-refractivity contribution is 0.646. The summed E-state index contributed by atoms with van der Waals surface area (Å²) in [5.41, 5.74) is 5.81. The largest absolute Gasteiger partial charge is 0.368 e. The van der Waals surface area contributed by atoms with Crippen molar-refractivity contribution in [3.8, 4) is 0 Å². The van der Waals surface area contributed by atoms with E-state index in [-0.39, 0.29) is 0 Å². The molecule has 1 aliphatic heterocycles. The maximum atomic E-state index is 4.78. The third kappa shape index (κ3) is 4.25. The van der Waals surface area contributed by atoms with E-state index >= 15 is 0 Å². The minimum absolute atomic E-state index is 0.654. The Labute approximate surface area is 167 Å². The van der Waals surface area contributed by atoms with Gasteiger partial charge in [-0.15, -0.1) is 0 Å². The van der Waals surface area contributed by atoms with E-state index in [0.29, 0.717) is 5.95 Å². The second-order valence-corrected chi connectivity index (χ2v) is 7.50. The van der Waals surface area contributed by atoms with Crippen LogP contribution in [0.4, 0.5) is 23.1 Å². The molecule has 1 N–H and O–H groups in total. The fraction of sp³-hybridized carbons (Fsp3) is 0.304. The molecule has 2 heterocycles. The van der Waals surface area contributed by atoms with Crippen molar-refractivity contribution >= 4 is 23.1 Å². The van der Waals surface area contributed by atoms with Crippen molar-refractivity contribution in [1.29, 1.82) is 0 Å². The Balaban J connectivity index is 1.47. The molecule has 0 aliphatic carbocycles. The standard InChI is InChI=1S/C23H27N5/c1-17-6-4-8-20(14-17)25-23-24-19(3)16-22(26-23)28-12-10-27(11-13-28)21-9-5-7-18(2)15-21/h4-9,14-16H,10-13H2,1-3H3,(H,24,25,26). The molecule has 144 valence electrons. The highest BCUT2D eigenvalue weighted by Gasteiger charge is 2.19. The zero-order valence-electron chi connectivity index (χ0n) is 16.8. The maximum Gasteiger partial charge on any atom is 0.229 e. The van der Waals surface area contributed by atoms with Crippen LogP contribution in [-0.4, -0.2) is 36.1 Å². The van der Waals surface area contributed by atoms with Crippen molar-refractivity contribution in [1.82, 2.24) is 9.97 Å². The monoisotopic (exact) mass is 373 g/mol. The van der Waals surface area contributed by atoms with Crippen LogP contribution in [0.25, 0.3) is 0 Å². The summed E-state index contributed by atoms with van der Waals surface area (Å²) in [4.78, 5) is 14.1. The fourth-order valence-electron chi connectivity index (χ4n) is 3.64. The van der Waals surface area contributed by atoms with Crippen LogP contribution in [0.2, 0.25) is 0 Å². The number of piperazine rings is 1. The van der Waals surface area contributed by atoms with E-state index in [1.54, 1.807) is 0 Å². The van der Waals surface area contributed by atoms with Gasteiger partial charge >= 0.3 is 0 Å². The Morgan fingerprint density at radius 3 is 2.14 bits per heavy atom. The van der Waals surface area contributed by atoms with Gasteiger partial charge in [0.15, 0.2) is 0 Å². The molecule has 28 heavy (non-hydrogen) atoms. The lowest BCUT2D eigenvalue weighted by Gasteiger charge is -2.37. The lowest BCUT2D eigenvalue weighted by atomic mass is 10.2. The second-order valence-electron chi connectivity index (χ2n) is 7.50. The number of rotatable bonds is 4. The molecule has 5 nitrogen and oxygen atoms in total. The quantitative estimate of drug-likeness (QED) is 0.731. The Bertz CT molecular complexity index is 961. The number of benzene rings is 2. The molecular weight excluding hydrogens is 346 g/mol. The molecule has 0 radical (unpaired) electrons. The summed E-state index contributed by atoms with van der Waals surface area (Å²) < 4.78 is 0. The number of anilines is 4. The van der Waals surface area contributed by atoms with Crippen molar-refractivity contribution < 1.29 is 0 Å². The highest BCUT2D eigenvalue weighted by Crippen LogP contribution is 2.22. The van der Waals surface area contributed by atoms with Crippen LogP contribution in [-0.2, 0) is 0 Å². The van der Waals surface area contributed by atoms with E-state index in [4.69, 9.17) is 4.98 Å². The van der Waals surface area contributed by atoms with E-state index in [9.17, 15) is 0 Å². The average molecular weight is 374 g/mol. The first-order valence-corrected chi connectivity index (χ1v) is 9.83. The topological polar surface area (TPSA) is 44.3 Å². The van der Waals surface area contributed by atoms with Crippen molar-refractivity contribution in [3.05, 3.63) is 71.4 Å². The smallest absolute Gasteiger partial charge is 0.229 e. The number of aryl methyl sites for hydroxylation is 3. The number of aromatic nitrogens is 2. The summed E-state index contributed by atoms with van der Waals surface area (Å²) in [6.45, 7) is 10.1. The molecule has 1 aliphatic rings. The summed E-state index contributed by atoms with van der Waals surface area (Å²) in [6, 6.07) is 19.1. The first-order valence-electron chi connectivity index (χ1n) is 9.83. The minimum atomic E-state index is 0.654. The molecule has 0 spiro atoms. The molecule has 0 unspecified atom stereocenters. The predicted molar refractivity (Wildman–Crippen MR) is 117 cm³/mol. The van der Waals surface area contributed by atoms with Gasteiger partial charge in [0.25, 0.3) is 0 Å². The van der Waals surface area contributed by atoms with Gasteiger partial charge in [-0.05, 0) is 56.2 Å². The van der Waals surface area contributed by atoms with Crippen molar-refractivity contribution in [3.63, 3.8) is 0 Å². The molecule has 1 saturated heterocycles. The lowest BCUT2D eigenvalue weighted by Crippen LogP contribution is -2.47. The van der Waals surface area contributed by atoms with Gasteiger partial charge in [-0.2, -0.15) is 4.98 Å². The van der Waals surface area contributed by atoms with E-state index in [1.165, 1.54) is 16.8 Å². The molecule has 4 rings (SSSR count). The fourth-order valence-corrected chi connectivity index (χ4v) is 3.64. The van der Waals surface area contributed by atoms with E-state index in [2.05, 4.69) is 76.4 Å². The number of hydrogen-bond acceptors (Lipinski definition) is 5. The maximum absolute atomic E-state index is 4.78. The molecule has 1 aromatic heterocycles. The van der Waals surface area contributed by atoms with Crippen molar-refractivity contribution in [2.24, 2.45) is 0 Å². The first kappa shape index (κ1) is 18.3. The van der Waals surface area contributed by atoms with Crippen LogP contribution < -0.4 is 15.1 Å². The average Bonchev–Trinajstić information content (AvgIpc) is 2.68. The molecular formula is C23H27N5. The summed E-state index contributed by atoms with van der Waals surface area (Å²) in [7, 11) is 0. The number of nitrogens with one attached hydrogen (secondary N) is 1. The molecule has 0 atom stereocenters. The first-order chi connectivity index (χ1) is 13.6. The van der Waals surface area contributed by atoms with Crippen LogP contribution in [0.5, 0.6) is 0 Å². The van der Waals surface area contributed by atoms with Crippen LogP contribution >= 0.6 is 0 Å². The Morgan fingerprint density at radius 1 is 0.750 bits per heavy atom. The normalized spacial score (nSPS) is 14.2. The van der Waals surface area contributed by atoms with Crippen LogP contribution in [0.1, 0.15) is 16.8 Å². The zero-order valence-corrected chi connectivity index (χ0v) is 16.8. The van der Waals surface area contributed by atoms with Gasteiger partial charge in [0.05, 0.1) is 0 Å². The zero-order chi connectivity index (χ0) is 19.5. The van der Waals surface area contributed by atoms with Gasteiger partial charge < -0.3 is 15.1 Å². The Hall–Kier alpha value is -3.08. The van der Waals surface area contributed by atoms with Gasteiger partial charge in [0, 0.05) is 49.3 Å². The molecule has 5 heteroatoms. The van der Waals surface area contributed by atoms with Gasteiger partial charge in [-0.1, -0.05) is 24.3 Å². The molecule has 0 amide bonds. The molecule has 3 aromatic rings. The summed E-state index contributed by atoms with van der Waals surface area (Å²) >= 11 is 0. The predicted octanol–water partition coefficient (Wildman–Crippen LogP) is 4.47. The van der Waals surface area contributed by atoms with Gasteiger partial charge in [-0.3, -0.25) is 0 Å². The molecule has 0 bridgehead atoms. The minimum Gasteiger partial charge on any atom is -0.368 e. The molecule has 0 saturated carbocycles. The van der Waals surface area contributed by atoms with E-state index in [0.717, 1.165) is 43.4 Å². The highest BCUT2D eigenvalue weighted by molar-refractivity contribution is 5.57. The van der Waals surface area contributed by atoms with Gasteiger partial charge in [-0.25, -0.2) is 4.98 Å². The van der Waals surface area contributed by atoms with Crippen LogP contribution in [0.15, 0.2) is 54.6 Å². The Morgan fingerprint density at radius 2 is 1.43 bits per heavy atom. The number of hydrogen-bond donors (Lipinski definition) is 1. The second kappa shape index (κ2) is 7.89.